The minimum Gasteiger partial charge on any atom is -0.484 e. The first kappa shape index (κ1) is 16.7. The number of nitrogens with zero attached hydrogens (tertiary/aromatic N) is 2. The summed E-state index contributed by atoms with van der Waals surface area (Å²) < 4.78 is 28.7. The lowest BCUT2D eigenvalue weighted by Crippen LogP contribution is -2.45. The van der Waals surface area contributed by atoms with Gasteiger partial charge >= 0.3 is 0 Å². The van der Waals surface area contributed by atoms with Crippen LogP contribution in [0.15, 0.2) is 24.3 Å². The molecule has 0 unspecified atom stereocenters. The fourth-order valence-electron chi connectivity index (χ4n) is 2.96. The lowest BCUT2D eigenvalue weighted by molar-refractivity contribution is -0.384. The topological polar surface area (TPSA) is 107 Å². The number of hydrogen-bond acceptors (Lipinski definition) is 6. The van der Waals surface area contributed by atoms with Crippen molar-refractivity contribution in [1.29, 1.82) is 0 Å². The summed E-state index contributed by atoms with van der Waals surface area (Å²) >= 11 is 0. The monoisotopic (exact) mass is 354 g/mol. The molecule has 8 nitrogen and oxygen atoms in total. The van der Waals surface area contributed by atoms with Crippen molar-refractivity contribution >= 4 is 21.4 Å². The lowest BCUT2D eigenvalue weighted by atomic mass is 10.2. The summed E-state index contributed by atoms with van der Waals surface area (Å²) in [6.45, 7) is -0.256. The molecule has 1 aromatic carbocycles. The van der Waals surface area contributed by atoms with Gasteiger partial charge in [-0.05, 0) is 25.3 Å². The second-order valence-electron chi connectivity index (χ2n) is 6.13. The van der Waals surface area contributed by atoms with Crippen LogP contribution in [-0.4, -0.2) is 54.3 Å². The minimum atomic E-state index is -3.07. The summed E-state index contributed by atoms with van der Waals surface area (Å²) in [6.07, 6.45) is 2.21. The highest BCUT2D eigenvalue weighted by molar-refractivity contribution is 7.91. The van der Waals surface area contributed by atoms with Crippen LogP contribution in [0.4, 0.5) is 5.69 Å². The van der Waals surface area contributed by atoms with E-state index in [4.69, 9.17) is 4.74 Å². The molecule has 1 atom stereocenters. The van der Waals surface area contributed by atoms with Crippen LogP contribution < -0.4 is 4.74 Å². The molecule has 1 heterocycles. The van der Waals surface area contributed by atoms with Gasteiger partial charge in [-0.1, -0.05) is 6.07 Å². The van der Waals surface area contributed by atoms with E-state index < -0.39 is 14.8 Å². The zero-order chi connectivity index (χ0) is 17.3. The number of non-ortho nitro benzene ring substituents is 1. The third kappa shape index (κ3) is 3.84. The second kappa shape index (κ2) is 6.39. The number of sulfone groups is 1. The van der Waals surface area contributed by atoms with Gasteiger partial charge in [0.05, 0.1) is 22.5 Å². The Morgan fingerprint density at radius 2 is 2.04 bits per heavy atom. The Bertz CT molecular complexity index is 759. The predicted octanol–water partition coefficient (Wildman–Crippen LogP) is 1.15. The predicted molar refractivity (Wildman–Crippen MR) is 85.5 cm³/mol. The quantitative estimate of drug-likeness (QED) is 0.560. The molecule has 1 saturated heterocycles. The van der Waals surface area contributed by atoms with Crippen LogP contribution in [0.25, 0.3) is 0 Å². The summed E-state index contributed by atoms with van der Waals surface area (Å²) in [4.78, 5) is 24.3. The number of carbonyl (C=O) groups excluding carboxylic acids is 1. The van der Waals surface area contributed by atoms with Gasteiger partial charge in [0, 0.05) is 18.2 Å². The van der Waals surface area contributed by atoms with Gasteiger partial charge in [-0.3, -0.25) is 14.9 Å². The Hall–Kier alpha value is -2.16. The molecule has 3 rings (SSSR count). The fourth-order valence-corrected chi connectivity index (χ4v) is 4.67. The molecule has 0 aromatic heterocycles. The maximum atomic E-state index is 12.5. The maximum Gasteiger partial charge on any atom is 0.273 e. The molecular formula is C15H18N2O6S. The van der Waals surface area contributed by atoms with Gasteiger partial charge in [0.25, 0.3) is 11.6 Å². The van der Waals surface area contributed by atoms with Crippen LogP contribution in [-0.2, 0) is 14.6 Å². The van der Waals surface area contributed by atoms with Crippen LogP contribution >= 0.6 is 0 Å². The van der Waals surface area contributed by atoms with Crippen LogP contribution in [0.5, 0.6) is 5.75 Å². The van der Waals surface area contributed by atoms with Gasteiger partial charge < -0.3 is 9.64 Å². The third-order valence-corrected chi connectivity index (χ3v) is 5.97. The molecule has 0 spiro atoms. The largest absolute Gasteiger partial charge is 0.484 e. The van der Waals surface area contributed by atoms with Crippen LogP contribution in [0.2, 0.25) is 0 Å². The molecule has 0 radical (unpaired) electrons. The third-order valence-electron chi connectivity index (χ3n) is 4.22. The van der Waals surface area contributed by atoms with E-state index in [0.29, 0.717) is 6.42 Å². The molecule has 130 valence electrons. The summed E-state index contributed by atoms with van der Waals surface area (Å²) in [5.74, 6) is 0.0878. The number of carbonyl (C=O) groups is 1. The van der Waals surface area contributed by atoms with Gasteiger partial charge in [0.15, 0.2) is 16.4 Å². The standard InChI is InChI=1S/C15H18N2O6S/c18-15(9-23-14-3-1-2-12(8-14)17(19)20)16(11-4-5-11)13-6-7-24(21,22)10-13/h1-3,8,11,13H,4-7,9-10H2/t13-/m1/s1. The van der Waals surface area contributed by atoms with E-state index in [9.17, 15) is 23.3 Å². The molecule has 1 aromatic rings. The summed E-state index contributed by atoms with van der Waals surface area (Å²) in [6, 6.07) is 5.43. The molecule has 1 saturated carbocycles. The van der Waals surface area contributed by atoms with Crippen molar-refractivity contribution in [1.82, 2.24) is 4.90 Å². The van der Waals surface area contributed by atoms with E-state index in [2.05, 4.69) is 0 Å². The van der Waals surface area contributed by atoms with Gasteiger partial charge in [0.2, 0.25) is 0 Å². The van der Waals surface area contributed by atoms with Gasteiger partial charge in [-0.2, -0.15) is 0 Å². The zero-order valence-corrected chi connectivity index (χ0v) is 13.8. The van der Waals surface area contributed by atoms with Crippen molar-refractivity contribution in [3.63, 3.8) is 0 Å². The summed E-state index contributed by atoms with van der Waals surface area (Å²) in [5, 5.41) is 10.7. The average molecular weight is 354 g/mol. The molecule has 9 heteroatoms. The van der Waals surface area contributed by atoms with E-state index in [1.54, 1.807) is 11.0 Å². The second-order valence-corrected chi connectivity index (χ2v) is 8.36. The normalized spacial score (nSPS) is 22.1. The Labute approximate surface area is 139 Å². The highest BCUT2D eigenvalue weighted by Crippen LogP contribution is 2.32. The number of amides is 1. The number of nitro benzene ring substituents is 1. The number of nitro groups is 1. The molecule has 2 fully saturated rings. The maximum absolute atomic E-state index is 12.5. The molecule has 0 N–H and O–H groups in total. The summed E-state index contributed by atoms with van der Waals surface area (Å²) in [7, 11) is -3.07. The van der Waals surface area contributed by atoms with Crippen LogP contribution in [0.3, 0.4) is 0 Å². The van der Waals surface area contributed by atoms with E-state index in [1.807, 2.05) is 0 Å². The number of rotatable bonds is 6. The van der Waals surface area contributed by atoms with Crippen LogP contribution in [0, 0.1) is 10.1 Å². The van der Waals surface area contributed by atoms with Gasteiger partial charge in [-0.25, -0.2) is 8.42 Å². The zero-order valence-electron chi connectivity index (χ0n) is 13.0. The van der Waals surface area contributed by atoms with Crippen molar-refractivity contribution in [2.45, 2.75) is 31.3 Å². The first-order valence-electron chi connectivity index (χ1n) is 7.74. The molecule has 0 bridgehead atoms. The Balaban J connectivity index is 1.64. The average Bonchev–Trinajstić information content (AvgIpc) is 3.29. The molecule has 1 amide bonds. The Morgan fingerprint density at radius 3 is 2.62 bits per heavy atom. The van der Waals surface area contributed by atoms with Crippen molar-refractivity contribution in [2.75, 3.05) is 18.1 Å². The number of ether oxygens (including phenoxy) is 1. The van der Waals surface area contributed by atoms with Gasteiger partial charge in [0.1, 0.15) is 5.75 Å². The Morgan fingerprint density at radius 1 is 1.29 bits per heavy atom. The molecule has 24 heavy (non-hydrogen) atoms. The van der Waals surface area contributed by atoms with Crippen molar-refractivity contribution < 1.29 is 22.9 Å². The minimum absolute atomic E-state index is 0.00600. The van der Waals surface area contributed by atoms with Gasteiger partial charge in [-0.15, -0.1) is 0 Å². The summed E-state index contributed by atoms with van der Waals surface area (Å²) in [5.41, 5.74) is -0.110. The van der Waals surface area contributed by atoms with Crippen molar-refractivity contribution in [2.24, 2.45) is 0 Å². The van der Waals surface area contributed by atoms with Crippen molar-refractivity contribution in [3.05, 3.63) is 34.4 Å². The van der Waals surface area contributed by atoms with Crippen molar-refractivity contribution in [3.8, 4) is 5.75 Å². The highest BCUT2D eigenvalue weighted by atomic mass is 32.2. The number of hydrogen-bond donors (Lipinski definition) is 0. The first-order valence-corrected chi connectivity index (χ1v) is 9.57. The van der Waals surface area contributed by atoms with E-state index in [0.717, 1.165) is 12.8 Å². The highest BCUT2D eigenvalue weighted by Gasteiger charge is 2.42. The smallest absolute Gasteiger partial charge is 0.273 e. The first-order chi connectivity index (χ1) is 11.4. The molecular weight excluding hydrogens is 336 g/mol. The lowest BCUT2D eigenvalue weighted by Gasteiger charge is -2.28. The van der Waals surface area contributed by atoms with E-state index in [-0.39, 0.29) is 47.5 Å². The Kier molecular flexibility index (Phi) is 4.44. The van der Waals surface area contributed by atoms with E-state index >= 15 is 0 Å². The van der Waals surface area contributed by atoms with E-state index in [1.165, 1.54) is 18.2 Å². The molecule has 2 aliphatic rings. The fraction of sp³-hybridized carbons (Fsp3) is 0.533. The molecule has 1 aliphatic heterocycles. The SMILES string of the molecule is O=C(COc1cccc([N+](=O)[O-])c1)N(C1CC1)[C@@H]1CCS(=O)(=O)C1. The number of benzene rings is 1. The van der Waals surface area contributed by atoms with Crippen LogP contribution in [0.1, 0.15) is 19.3 Å². The molecule has 1 aliphatic carbocycles.